The van der Waals surface area contributed by atoms with Gasteiger partial charge in [0, 0.05) is 22.0 Å². The Bertz CT molecular complexity index is 676. The average Bonchev–Trinajstić information content (AvgIpc) is 2.47. The summed E-state index contributed by atoms with van der Waals surface area (Å²) < 4.78 is 5.11. The fourth-order valence-electron chi connectivity index (χ4n) is 1.59. The molecule has 2 N–H and O–H groups in total. The third kappa shape index (κ3) is 4.03. The van der Waals surface area contributed by atoms with E-state index in [9.17, 15) is 9.59 Å². The molecule has 0 aliphatic rings. The highest BCUT2D eigenvalue weighted by molar-refractivity contribution is 9.10. The summed E-state index contributed by atoms with van der Waals surface area (Å²) >= 11 is 3.27. The summed E-state index contributed by atoms with van der Waals surface area (Å²) in [6.45, 7) is 0. The topological polar surface area (TPSA) is 80.3 Å². The van der Waals surface area contributed by atoms with E-state index in [0.717, 1.165) is 0 Å². The lowest BCUT2D eigenvalue weighted by Gasteiger charge is -2.08. The molecule has 0 atom stereocenters. The Morgan fingerprint density at radius 3 is 2.52 bits per heavy atom. The van der Waals surface area contributed by atoms with Crippen molar-refractivity contribution in [2.75, 3.05) is 17.7 Å². The summed E-state index contributed by atoms with van der Waals surface area (Å²) in [5.41, 5.74) is 1.33. The molecule has 6 nitrogen and oxygen atoms in total. The van der Waals surface area contributed by atoms with E-state index >= 15 is 0 Å². The molecule has 2 aromatic rings. The van der Waals surface area contributed by atoms with Crippen LogP contribution < -0.4 is 10.6 Å². The Labute approximate surface area is 129 Å². The van der Waals surface area contributed by atoms with Gasteiger partial charge in [0.05, 0.1) is 7.11 Å². The third-order valence-electron chi connectivity index (χ3n) is 2.53. The van der Waals surface area contributed by atoms with Crippen molar-refractivity contribution in [3.05, 3.63) is 52.8 Å². The second-order valence-electron chi connectivity index (χ2n) is 3.99. The average molecular weight is 350 g/mol. The number of carbonyl (C=O) groups is 2. The first-order valence-electron chi connectivity index (χ1n) is 5.97. The number of hydrogen-bond donors (Lipinski definition) is 2. The van der Waals surface area contributed by atoms with Crippen LogP contribution in [0.15, 0.2) is 47.1 Å². The molecule has 0 bridgehead atoms. The Balaban J connectivity index is 2.13. The van der Waals surface area contributed by atoms with Crippen LogP contribution in [0.3, 0.4) is 0 Å². The number of amides is 2. The summed E-state index contributed by atoms with van der Waals surface area (Å²) in [5, 5.41) is 5.23. The largest absolute Gasteiger partial charge is 0.453 e. The molecule has 1 aromatic carbocycles. The molecule has 0 fully saturated rings. The highest BCUT2D eigenvalue weighted by Gasteiger charge is 2.11. The summed E-state index contributed by atoms with van der Waals surface area (Å²) in [7, 11) is 1.28. The number of carbonyl (C=O) groups excluding carboxylic acids is 2. The smallest absolute Gasteiger partial charge is 0.411 e. The number of aromatic nitrogens is 1. The van der Waals surface area contributed by atoms with Gasteiger partial charge in [0.25, 0.3) is 5.91 Å². The monoisotopic (exact) mass is 349 g/mol. The molecule has 108 valence electrons. The van der Waals surface area contributed by atoms with Crippen LogP contribution in [0.2, 0.25) is 0 Å². The number of hydrogen-bond acceptors (Lipinski definition) is 4. The number of benzene rings is 1. The van der Waals surface area contributed by atoms with E-state index in [-0.39, 0.29) is 11.6 Å². The van der Waals surface area contributed by atoms with Gasteiger partial charge in [-0.05, 0) is 46.3 Å². The van der Waals surface area contributed by atoms with Gasteiger partial charge in [0.1, 0.15) is 5.69 Å². The first-order valence-corrected chi connectivity index (χ1v) is 6.76. The molecule has 1 heterocycles. The van der Waals surface area contributed by atoms with Crippen molar-refractivity contribution in [3.63, 3.8) is 0 Å². The molecular formula is C14H12BrN3O3. The number of nitrogens with one attached hydrogen (secondary N) is 2. The second kappa shape index (κ2) is 6.85. The molecule has 0 unspecified atom stereocenters. The van der Waals surface area contributed by atoms with E-state index in [2.05, 4.69) is 36.3 Å². The molecule has 21 heavy (non-hydrogen) atoms. The van der Waals surface area contributed by atoms with Crippen LogP contribution >= 0.6 is 15.9 Å². The lowest BCUT2D eigenvalue weighted by atomic mass is 10.2. The Hall–Kier alpha value is -2.41. The van der Waals surface area contributed by atoms with Gasteiger partial charge in [0.15, 0.2) is 0 Å². The summed E-state index contributed by atoms with van der Waals surface area (Å²) in [6, 6.07) is 10.2. The van der Waals surface area contributed by atoms with Crippen LogP contribution in [-0.2, 0) is 4.74 Å². The van der Waals surface area contributed by atoms with Crippen molar-refractivity contribution >= 4 is 39.3 Å². The van der Waals surface area contributed by atoms with E-state index in [1.54, 1.807) is 36.4 Å². The number of nitrogens with zero attached hydrogens (tertiary/aromatic N) is 1. The minimum Gasteiger partial charge on any atom is -0.453 e. The van der Waals surface area contributed by atoms with Crippen LogP contribution in [0.5, 0.6) is 0 Å². The van der Waals surface area contributed by atoms with Crippen LogP contribution in [-0.4, -0.2) is 24.1 Å². The van der Waals surface area contributed by atoms with E-state index in [0.29, 0.717) is 15.8 Å². The van der Waals surface area contributed by atoms with Crippen molar-refractivity contribution in [1.82, 2.24) is 4.98 Å². The quantitative estimate of drug-likeness (QED) is 0.890. The van der Waals surface area contributed by atoms with Crippen LogP contribution in [0, 0.1) is 0 Å². The lowest BCUT2D eigenvalue weighted by Crippen LogP contribution is -2.15. The van der Waals surface area contributed by atoms with Gasteiger partial charge in [-0.2, -0.15) is 0 Å². The van der Waals surface area contributed by atoms with Gasteiger partial charge in [-0.3, -0.25) is 10.1 Å². The molecule has 0 spiro atoms. The summed E-state index contributed by atoms with van der Waals surface area (Å²) in [6.07, 6.45) is 0.959. The van der Waals surface area contributed by atoms with E-state index in [1.165, 1.54) is 13.3 Å². The normalized spacial score (nSPS) is 9.81. The second-order valence-corrected chi connectivity index (χ2v) is 4.84. The van der Waals surface area contributed by atoms with Gasteiger partial charge in [-0.15, -0.1) is 0 Å². The summed E-state index contributed by atoms with van der Waals surface area (Å²) in [5.74, 6) is -0.349. The maximum Gasteiger partial charge on any atom is 0.411 e. The maximum atomic E-state index is 12.1. The van der Waals surface area contributed by atoms with Crippen LogP contribution in [0.4, 0.5) is 16.2 Å². The highest BCUT2D eigenvalue weighted by atomic mass is 79.9. The Morgan fingerprint density at radius 1 is 1.14 bits per heavy atom. The number of ether oxygens (including phenoxy) is 1. The van der Waals surface area contributed by atoms with Crippen molar-refractivity contribution in [2.45, 2.75) is 0 Å². The van der Waals surface area contributed by atoms with Crippen molar-refractivity contribution in [2.24, 2.45) is 0 Å². The van der Waals surface area contributed by atoms with Crippen molar-refractivity contribution in [1.29, 1.82) is 0 Å². The molecule has 0 saturated carbocycles. The predicted octanol–water partition coefficient (Wildman–Crippen LogP) is 3.27. The van der Waals surface area contributed by atoms with Gasteiger partial charge in [-0.1, -0.05) is 6.07 Å². The third-order valence-corrected chi connectivity index (χ3v) is 3.17. The number of rotatable bonds is 3. The SMILES string of the molecule is COC(=O)Nc1cccc(NC(=O)c2ncccc2Br)c1. The Morgan fingerprint density at radius 2 is 1.86 bits per heavy atom. The molecule has 0 aliphatic heterocycles. The van der Waals surface area contributed by atoms with Crippen molar-refractivity contribution in [3.8, 4) is 0 Å². The number of pyridine rings is 1. The molecule has 0 aliphatic carbocycles. The lowest BCUT2D eigenvalue weighted by molar-refractivity contribution is 0.102. The standard InChI is InChI=1S/C14H12BrN3O3/c1-21-14(20)18-10-5-2-4-9(8-10)17-13(19)12-11(15)6-3-7-16-12/h2-8H,1H3,(H,17,19)(H,18,20). The zero-order chi connectivity index (χ0) is 15.2. The number of methoxy groups -OCH3 is 1. The van der Waals surface area contributed by atoms with Crippen molar-refractivity contribution < 1.29 is 14.3 Å². The fourth-order valence-corrected chi connectivity index (χ4v) is 2.02. The van der Waals surface area contributed by atoms with E-state index < -0.39 is 6.09 Å². The number of anilines is 2. The molecule has 2 amide bonds. The van der Waals surface area contributed by atoms with Crippen LogP contribution in [0.1, 0.15) is 10.5 Å². The minimum absolute atomic E-state index is 0.281. The molecule has 0 radical (unpaired) electrons. The fraction of sp³-hybridized carbons (Fsp3) is 0.0714. The van der Waals surface area contributed by atoms with Gasteiger partial charge < -0.3 is 10.1 Å². The van der Waals surface area contributed by atoms with Crippen LogP contribution in [0.25, 0.3) is 0 Å². The molecule has 0 saturated heterocycles. The van der Waals surface area contributed by atoms with Gasteiger partial charge >= 0.3 is 6.09 Å². The van der Waals surface area contributed by atoms with E-state index in [1.807, 2.05) is 0 Å². The first-order chi connectivity index (χ1) is 10.1. The predicted molar refractivity (Wildman–Crippen MR) is 82.4 cm³/mol. The maximum absolute atomic E-state index is 12.1. The highest BCUT2D eigenvalue weighted by Crippen LogP contribution is 2.18. The first kappa shape index (κ1) is 15.0. The molecule has 1 aromatic heterocycles. The number of halogens is 1. The molecule has 2 rings (SSSR count). The zero-order valence-electron chi connectivity index (χ0n) is 11.1. The molecular weight excluding hydrogens is 338 g/mol. The Kier molecular flexibility index (Phi) is 4.89. The summed E-state index contributed by atoms with van der Waals surface area (Å²) in [4.78, 5) is 27.3. The molecule has 7 heteroatoms. The zero-order valence-corrected chi connectivity index (χ0v) is 12.7. The minimum atomic E-state index is -0.578. The van der Waals surface area contributed by atoms with Gasteiger partial charge in [-0.25, -0.2) is 9.78 Å². The van der Waals surface area contributed by atoms with E-state index in [4.69, 9.17) is 0 Å². The van der Waals surface area contributed by atoms with Gasteiger partial charge in [0.2, 0.25) is 0 Å².